The Morgan fingerprint density at radius 3 is 1.91 bits per heavy atom. The lowest BCUT2D eigenvalue weighted by Crippen LogP contribution is -2.42. The Balaban J connectivity index is 1.89. The monoisotopic (exact) mass is 482 g/mol. The molecule has 0 saturated heterocycles. The molecular weight excluding hydrogens is 452 g/mol. The lowest BCUT2D eigenvalue weighted by Gasteiger charge is -2.26. The van der Waals surface area contributed by atoms with Gasteiger partial charge in [0.05, 0.1) is 30.8 Å². The zero-order valence-electron chi connectivity index (χ0n) is 19.8. The van der Waals surface area contributed by atoms with Gasteiger partial charge < -0.3 is 14.8 Å². The van der Waals surface area contributed by atoms with E-state index in [0.717, 1.165) is 21.2 Å². The average Bonchev–Trinajstić information content (AvgIpc) is 2.86. The first-order valence-electron chi connectivity index (χ1n) is 10.9. The standard InChI is InChI=1S/C26H30N2O5S/c1-5-25(20-8-12-22(32-3)13-9-20)27-26(29)18-28(21-10-14-23(33-4)15-11-21)34(30,31)24-16-6-19(2)7-17-24/h6-17,25H,5,18H2,1-4H3,(H,27,29)/t25-/m0/s1. The topological polar surface area (TPSA) is 84.9 Å². The van der Waals surface area contributed by atoms with E-state index in [1.807, 2.05) is 38.1 Å². The van der Waals surface area contributed by atoms with Crippen LogP contribution in [0.3, 0.4) is 0 Å². The van der Waals surface area contributed by atoms with Gasteiger partial charge in [-0.05, 0) is 67.4 Å². The molecule has 1 atom stereocenters. The third-order valence-corrected chi connectivity index (χ3v) is 7.31. The number of carbonyl (C=O) groups excluding carboxylic acids is 1. The number of anilines is 1. The van der Waals surface area contributed by atoms with E-state index < -0.39 is 15.9 Å². The molecule has 0 radical (unpaired) electrons. The van der Waals surface area contributed by atoms with Gasteiger partial charge in [0.1, 0.15) is 18.0 Å². The van der Waals surface area contributed by atoms with Gasteiger partial charge in [0, 0.05) is 0 Å². The molecule has 0 aromatic heterocycles. The maximum atomic E-state index is 13.5. The molecule has 0 saturated carbocycles. The van der Waals surface area contributed by atoms with E-state index in [2.05, 4.69) is 5.32 Å². The van der Waals surface area contributed by atoms with E-state index in [4.69, 9.17) is 9.47 Å². The first kappa shape index (κ1) is 25.1. The molecule has 3 aromatic carbocycles. The van der Waals surface area contributed by atoms with Crippen LogP contribution in [0.5, 0.6) is 11.5 Å². The minimum atomic E-state index is -3.99. The molecule has 34 heavy (non-hydrogen) atoms. The number of sulfonamides is 1. The molecule has 0 spiro atoms. The van der Waals surface area contributed by atoms with E-state index in [1.165, 1.54) is 7.11 Å². The van der Waals surface area contributed by atoms with Gasteiger partial charge in [0.2, 0.25) is 5.91 Å². The van der Waals surface area contributed by atoms with Crippen molar-refractivity contribution in [3.63, 3.8) is 0 Å². The van der Waals surface area contributed by atoms with Gasteiger partial charge in [-0.3, -0.25) is 9.10 Å². The molecule has 0 aliphatic heterocycles. The number of aryl methyl sites for hydroxylation is 1. The Kier molecular flexibility index (Phi) is 8.17. The molecule has 1 N–H and O–H groups in total. The molecule has 3 rings (SSSR count). The van der Waals surface area contributed by atoms with Crippen molar-refractivity contribution in [2.75, 3.05) is 25.1 Å². The second-order valence-corrected chi connectivity index (χ2v) is 9.69. The highest BCUT2D eigenvalue weighted by molar-refractivity contribution is 7.92. The zero-order valence-corrected chi connectivity index (χ0v) is 20.6. The molecule has 0 heterocycles. The number of ether oxygens (including phenoxy) is 2. The first-order chi connectivity index (χ1) is 16.3. The lowest BCUT2D eigenvalue weighted by atomic mass is 10.0. The highest BCUT2D eigenvalue weighted by atomic mass is 32.2. The molecule has 3 aromatic rings. The summed E-state index contributed by atoms with van der Waals surface area (Å²) in [6.45, 7) is 3.48. The molecule has 0 fully saturated rings. The van der Waals surface area contributed by atoms with Crippen LogP contribution in [-0.2, 0) is 14.8 Å². The third-order valence-electron chi connectivity index (χ3n) is 5.52. The van der Waals surface area contributed by atoms with Crippen molar-refractivity contribution in [3.05, 3.63) is 83.9 Å². The normalized spacial score (nSPS) is 12.0. The lowest BCUT2D eigenvalue weighted by molar-refractivity contribution is -0.120. The van der Waals surface area contributed by atoms with Gasteiger partial charge in [-0.1, -0.05) is 36.8 Å². The molecule has 8 heteroatoms. The van der Waals surface area contributed by atoms with Crippen LogP contribution in [0.1, 0.15) is 30.5 Å². The van der Waals surface area contributed by atoms with Crippen molar-refractivity contribution in [3.8, 4) is 11.5 Å². The number of hydrogen-bond donors (Lipinski definition) is 1. The van der Waals surface area contributed by atoms with Gasteiger partial charge in [-0.25, -0.2) is 8.42 Å². The van der Waals surface area contributed by atoms with Crippen LogP contribution in [0.15, 0.2) is 77.7 Å². The highest BCUT2D eigenvalue weighted by Gasteiger charge is 2.28. The fraction of sp³-hybridized carbons (Fsp3) is 0.269. The number of benzene rings is 3. The molecule has 0 aliphatic rings. The number of rotatable bonds is 10. The van der Waals surface area contributed by atoms with Crippen molar-refractivity contribution >= 4 is 21.6 Å². The fourth-order valence-electron chi connectivity index (χ4n) is 3.53. The largest absolute Gasteiger partial charge is 0.497 e. The highest BCUT2D eigenvalue weighted by Crippen LogP contribution is 2.26. The molecule has 0 aliphatic carbocycles. The summed E-state index contributed by atoms with van der Waals surface area (Å²) in [5.41, 5.74) is 2.22. The average molecular weight is 483 g/mol. The van der Waals surface area contributed by atoms with Crippen LogP contribution in [0.25, 0.3) is 0 Å². The summed E-state index contributed by atoms with van der Waals surface area (Å²) < 4.78 is 38.6. The number of hydrogen-bond acceptors (Lipinski definition) is 5. The summed E-state index contributed by atoms with van der Waals surface area (Å²) in [6, 6.07) is 20.3. The maximum absolute atomic E-state index is 13.5. The second kappa shape index (κ2) is 11.1. The number of nitrogens with one attached hydrogen (secondary N) is 1. The Hall–Kier alpha value is -3.52. The predicted molar refractivity (Wildman–Crippen MR) is 133 cm³/mol. The molecular formula is C26H30N2O5S. The van der Waals surface area contributed by atoms with Gasteiger partial charge >= 0.3 is 0 Å². The van der Waals surface area contributed by atoms with Crippen molar-refractivity contribution in [1.82, 2.24) is 5.32 Å². The van der Waals surface area contributed by atoms with Gasteiger partial charge in [-0.15, -0.1) is 0 Å². The predicted octanol–water partition coefficient (Wildman–Crippen LogP) is 4.48. The number of amides is 1. The third kappa shape index (κ3) is 5.88. The number of carbonyl (C=O) groups is 1. The molecule has 0 unspecified atom stereocenters. The van der Waals surface area contributed by atoms with Crippen LogP contribution >= 0.6 is 0 Å². The number of nitrogens with zero attached hydrogens (tertiary/aromatic N) is 1. The minimum absolute atomic E-state index is 0.115. The summed E-state index contributed by atoms with van der Waals surface area (Å²) in [7, 11) is -0.858. The summed E-state index contributed by atoms with van der Waals surface area (Å²) in [6.07, 6.45) is 0.644. The molecule has 180 valence electrons. The second-order valence-electron chi connectivity index (χ2n) is 7.82. The summed E-state index contributed by atoms with van der Waals surface area (Å²) in [5, 5.41) is 2.97. The smallest absolute Gasteiger partial charge is 0.264 e. The Morgan fingerprint density at radius 1 is 0.882 bits per heavy atom. The zero-order chi connectivity index (χ0) is 24.7. The van der Waals surface area contributed by atoms with Crippen molar-refractivity contribution in [1.29, 1.82) is 0 Å². The first-order valence-corrected chi connectivity index (χ1v) is 12.4. The van der Waals surface area contributed by atoms with Crippen LogP contribution in [0.2, 0.25) is 0 Å². The van der Waals surface area contributed by atoms with E-state index in [9.17, 15) is 13.2 Å². The van der Waals surface area contributed by atoms with Crippen LogP contribution in [0.4, 0.5) is 5.69 Å². The van der Waals surface area contributed by atoms with Crippen LogP contribution < -0.4 is 19.1 Å². The molecule has 7 nitrogen and oxygen atoms in total. The Morgan fingerprint density at radius 2 is 1.41 bits per heavy atom. The van der Waals surface area contributed by atoms with E-state index in [0.29, 0.717) is 17.9 Å². The molecule has 0 bridgehead atoms. The van der Waals surface area contributed by atoms with Crippen molar-refractivity contribution in [2.24, 2.45) is 0 Å². The van der Waals surface area contributed by atoms with Crippen molar-refractivity contribution in [2.45, 2.75) is 31.2 Å². The number of methoxy groups -OCH3 is 2. The van der Waals surface area contributed by atoms with Crippen molar-refractivity contribution < 1.29 is 22.7 Å². The van der Waals surface area contributed by atoms with E-state index in [1.54, 1.807) is 55.6 Å². The fourth-order valence-corrected chi connectivity index (χ4v) is 4.95. The SMILES string of the molecule is CC[C@H](NC(=O)CN(c1ccc(OC)cc1)S(=O)(=O)c1ccc(C)cc1)c1ccc(OC)cc1. The van der Waals surface area contributed by atoms with E-state index in [-0.39, 0.29) is 17.5 Å². The van der Waals surface area contributed by atoms with Gasteiger partial charge in [-0.2, -0.15) is 0 Å². The maximum Gasteiger partial charge on any atom is 0.264 e. The minimum Gasteiger partial charge on any atom is -0.497 e. The Bertz CT molecular complexity index is 1190. The Labute approximate surface area is 201 Å². The van der Waals surface area contributed by atoms with Gasteiger partial charge in [0.25, 0.3) is 10.0 Å². The van der Waals surface area contributed by atoms with Crippen LogP contribution in [-0.4, -0.2) is 35.1 Å². The van der Waals surface area contributed by atoms with E-state index >= 15 is 0 Å². The van der Waals surface area contributed by atoms with Crippen LogP contribution in [0, 0.1) is 6.92 Å². The molecule has 1 amide bonds. The summed E-state index contributed by atoms with van der Waals surface area (Å²) in [5.74, 6) is 0.903. The van der Waals surface area contributed by atoms with Gasteiger partial charge in [0.15, 0.2) is 0 Å². The summed E-state index contributed by atoms with van der Waals surface area (Å²) in [4.78, 5) is 13.2. The quantitative estimate of drug-likeness (QED) is 0.461. The summed E-state index contributed by atoms with van der Waals surface area (Å²) >= 11 is 0.